The van der Waals surface area contributed by atoms with Crippen molar-refractivity contribution in [2.24, 2.45) is 0 Å². The summed E-state index contributed by atoms with van der Waals surface area (Å²) in [7, 11) is 0. The second kappa shape index (κ2) is 5.77. The average molecular weight is 274 g/mol. The Hall–Kier alpha value is -2.30. The average Bonchev–Trinajstić information content (AvgIpc) is 2.86. The first kappa shape index (κ1) is 14.1. The smallest absolute Gasteiger partial charge is 0.356 e. The highest BCUT2D eigenvalue weighted by atomic mass is 16.4. The van der Waals surface area contributed by atoms with Crippen molar-refractivity contribution in [2.45, 2.75) is 32.6 Å². The standard InChI is InChI=1S/C15H18N2O3/c1-3-10(4-2)14-9-13(15(19)20)16-17(14)11-5-7-12(18)8-6-11/h5-10,18H,3-4H2,1-2H3,(H,19,20). The lowest BCUT2D eigenvalue weighted by molar-refractivity contribution is 0.0690. The molecule has 0 aliphatic heterocycles. The zero-order valence-corrected chi connectivity index (χ0v) is 11.6. The predicted molar refractivity (Wildman–Crippen MR) is 75.5 cm³/mol. The quantitative estimate of drug-likeness (QED) is 0.878. The van der Waals surface area contributed by atoms with E-state index >= 15 is 0 Å². The van der Waals surface area contributed by atoms with Crippen LogP contribution in [0.2, 0.25) is 0 Å². The summed E-state index contributed by atoms with van der Waals surface area (Å²) in [5.41, 5.74) is 1.68. The summed E-state index contributed by atoms with van der Waals surface area (Å²) < 4.78 is 1.65. The van der Waals surface area contributed by atoms with E-state index in [1.54, 1.807) is 35.0 Å². The lowest BCUT2D eigenvalue weighted by Crippen LogP contribution is -2.07. The second-order valence-electron chi connectivity index (χ2n) is 4.70. The molecule has 5 nitrogen and oxygen atoms in total. The van der Waals surface area contributed by atoms with Gasteiger partial charge in [-0.2, -0.15) is 5.10 Å². The fourth-order valence-electron chi connectivity index (χ4n) is 2.30. The second-order valence-corrected chi connectivity index (χ2v) is 4.70. The number of hydrogen-bond acceptors (Lipinski definition) is 3. The van der Waals surface area contributed by atoms with Crippen molar-refractivity contribution < 1.29 is 15.0 Å². The first-order chi connectivity index (χ1) is 9.56. The number of nitrogens with zero attached hydrogens (tertiary/aromatic N) is 2. The van der Waals surface area contributed by atoms with Crippen molar-refractivity contribution in [3.8, 4) is 11.4 Å². The first-order valence-corrected chi connectivity index (χ1v) is 6.69. The summed E-state index contributed by atoms with van der Waals surface area (Å²) in [6.45, 7) is 4.14. The van der Waals surface area contributed by atoms with Gasteiger partial charge in [0.15, 0.2) is 5.69 Å². The third-order valence-electron chi connectivity index (χ3n) is 3.45. The highest BCUT2D eigenvalue weighted by molar-refractivity contribution is 5.85. The van der Waals surface area contributed by atoms with Crippen molar-refractivity contribution in [1.29, 1.82) is 0 Å². The Morgan fingerprint density at radius 3 is 2.35 bits per heavy atom. The minimum absolute atomic E-state index is 0.0416. The van der Waals surface area contributed by atoms with Gasteiger partial charge in [0.1, 0.15) is 5.75 Å². The van der Waals surface area contributed by atoms with Gasteiger partial charge in [-0.25, -0.2) is 9.48 Å². The summed E-state index contributed by atoms with van der Waals surface area (Å²) in [5, 5.41) is 22.6. The van der Waals surface area contributed by atoms with Crippen LogP contribution >= 0.6 is 0 Å². The van der Waals surface area contributed by atoms with Gasteiger partial charge in [-0.15, -0.1) is 0 Å². The van der Waals surface area contributed by atoms with Crippen molar-refractivity contribution in [2.75, 3.05) is 0 Å². The molecule has 2 aromatic rings. The summed E-state index contributed by atoms with van der Waals surface area (Å²) in [5.74, 6) is -0.609. The maximum atomic E-state index is 11.1. The molecule has 0 fully saturated rings. The number of hydrogen-bond donors (Lipinski definition) is 2. The van der Waals surface area contributed by atoms with Gasteiger partial charge >= 0.3 is 5.97 Å². The monoisotopic (exact) mass is 274 g/mol. The summed E-state index contributed by atoms with van der Waals surface area (Å²) >= 11 is 0. The first-order valence-electron chi connectivity index (χ1n) is 6.69. The molecule has 0 saturated carbocycles. The number of aromatic hydroxyl groups is 1. The molecule has 2 N–H and O–H groups in total. The largest absolute Gasteiger partial charge is 0.508 e. The predicted octanol–water partition coefficient (Wildman–Crippen LogP) is 3.18. The minimum Gasteiger partial charge on any atom is -0.508 e. The van der Waals surface area contributed by atoms with Crippen LogP contribution in [-0.2, 0) is 0 Å². The van der Waals surface area contributed by atoms with E-state index in [1.165, 1.54) is 0 Å². The van der Waals surface area contributed by atoms with Gasteiger partial charge in [0.25, 0.3) is 0 Å². The van der Waals surface area contributed by atoms with Gasteiger partial charge in [0.2, 0.25) is 0 Å². The Labute approximate surface area is 117 Å². The number of phenols is 1. The molecule has 0 spiro atoms. The van der Waals surface area contributed by atoms with E-state index < -0.39 is 5.97 Å². The fraction of sp³-hybridized carbons (Fsp3) is 0.333. The minimum atomic E-state index is -1.03. The van der Waals surface area contributed by atoms with Crippen LogP contribution in [0.3, 0.4) is 0 Å². The molecule has 0 radical (unpaired) electrons. The Balaban J connectivity index is 2.54. The molecular weight excluding hydrogens is 256 g/mol. The molecule has 5 heteroatoms. The third-order valence-corrected chi connectivity index (χ3v) is 3.45. The molecule has 0 aliphatic carbocycles. The zero-order chi connectivity index (χ0) is 14.7. The molecular formula is C15H18N2O3. The Bertz CT molecular complexity index is 598. The number of carbonyl (C=O) groups is 1. The van der Waals surface area contributed by atoms with Gasteiger partial charge in [-0.1, -0.05) is 13.8 Å². The summed E-state index contributed by atoms with van der Waals surface area (Å²) in [4.78, 5) is 11.1. The number of rotatable bonds is 5. The number of phenolic OH excluding ortho intramolecular Hbond substituents is 1. The maximum Gasteiger partial charge on any atom is 0.356 e. The number of carboxylic acid groups (broad SMARTS) is 1. The maximum absolute atomic E-state index is 11.1. The van der Waals surface area contributed by atoms with Crippen LogP contribution in [0, 0.1) is 0 Å². The van der Waals surface area contributed by atoms with Gasteiger partial charge < -0.3 is 10.2 Å². The van der Waals surface area contributed by atoms with E-state index in [9.17, 15) is 9.90 Å². The number of aromatic carboxylic acids is 1. The molecule has 1 heterocycles. The molecule has 0 atom stereocenters. The van der Waals surface area contributed by atoms with E-state index in [1.807, 2.05) is 0 Å². The fourth-order valence-corrected chi connectivity index (χ4v) is 2.30. The molecule has 0 unspecified atom stereocenters. The molecule has 2 rings (SSSR count). The molecule has 1 aromatic heterocycles. The van der Waals surface area contributed by atoms with Crippen molar-refractivity contribution in [3.05, 3.63) is 41.7 Å². The molecule has 0 saturated heterocycles. The Morgan fingerprint density at radius 2 is 1.85 bits per heavy atom. The molecule has 106 valence electrons. The van der Waals surface area contributed by atoms with Crippen LogP contribution in [0.4, 0.5) is 0 Å². The third kappa shape index (κ3) is 2.66. The van der Waals surface area contributed by atoms with Crippen LogP contribution in [0.25, 0.3) is 5.69 Å². The highest BCUT2D eigenvalue weighted by Gasteiger charge is 2.19. The van der Waals surface area contributed by atoms with E-state index in [4.69, 9.17) is 5.11 Å². The Kier molecular flexibility index (Phi) is 4.08. The number of carboxylic acids is 1. The van der Waals surface area contributed by atoms with Gasteiger partial charge in [-0.3, -0.25) is 0 Å². The van der Waals surface area contributed by atoms with Crippen LogP contribution in [0.15, 0.2) is 30.3 Å². The summed E-state index contributed by atoms with van der Waals surface area (Å²) in [6, 6.07) is 8.20. The zero-order valence-electron chi connectivity index (χ0n) is 11.6. The van der Waals surface area contributed by atoms with Crippen LogP contribution < -0.4 is 0 Å². The number of aromatic nitrogens is 2. The molecule has 0 aliphatic rings. The van der Waals surface area contributed by atoms with E-state index in [-0.39, 0.29) is 17.4 Å². The molecule has 20 heavy (non-hydrogen) atoms. The lowest BCUT2D eigenvalue weighted by atomic mass is 9.99. The lowest BCUT2D eigenvalue weighted by Gasteiger charge is -2.14. The van der Waals surface area contributed by atoms with Crippen LogP contribution in [-0.4, -0.2) is 26.0 Å². The molecule has 1 aromatic carbocycles. The molecule has 0 amide bonds. The normalized spacial score (nSPS) is 10.9. The van der Waals surface area contributed by atoms with Crippen LogP contribution in [0.1, 0.15) is 48.8 Å². The number of benzene rings is 1. The van der Waals surface area contributed by atoms with Crippen molar-refractivity contribution in [1.82, 2.24) is 9.78 Å². The van der Waals surface area contributed by atoms with E-state index in [0.29, 0.717) is 0 Å². The van der Waals surface area contributed by atoms with Gasteiger partial charge in [-0.05, 0) is 43.2 Å². The topological polar surface area (TPSA) is 75.3 Å². The summed E-state index contributed by atoms with van der Waals surface area (Å²) in [6.07, 6.45) is 1.83. The van der Waals surface area contributed by atoms with Crippen molar-refractivity contribution >= 4 is 5.97 Å². The SMILES string of the molecule is CCC(CC)c1cc(C(=O)O)nn1-c1ccc(O)cc1. The highest BCUT2D eigenvalue weighted by Crippen LogP contribution is 2.27. The van der Waals surface area contributed by atoms with Gasteiger partial charge in [0, 0.05) is 11.6 Å². The van der Waals surface area contributed by atoms with E-state index in [0.717, 1.165) is 24.2 Å². The van der Waals surface area contributed by atoms with Crippen molar-refractivity contribution in [3.63, 3.8) is 0 Å². The van der Waals surface area contributed by atoms with Gasteiger partial charge in [0.05, 0.1) is 5.69 Å². The van der Waals surface area contributed by atoms with E-state index in [2.05, 4.69) is 18.9 Å². The molecule has 0 bridgehead atoms. The van der Waals surface area contributed by atoms with Crippen LogP contribution in [0.5, 0.6) is 5.75 Å². The Morgan fingerprint density at radius 1 is 1.25 bits per heavy atom.